The van der Waals surface area contributed by atoms with Gasteiger partial charge in [-0.25, -0.2) is 0 Å². The van der Waals surface area contributed by atoms with Crippen molar-refractivity contribution in [2.75, 3.05) is 13.7 Å². The Balaban J connectivity index is 2.13. The van der Waals surface area contributed by atoms with Crippen LogP contribution < -0.4 is 0 Å². The van der Waals surface area contributed by atoms with E-state index in [0.717, 1.165) is 13.0 Å². The van der Waals surface area contributed by atoms with Gasteiger partial charge in [-0.3, -0.25) is 0 Å². The molecular formula is C11H17O. The first-order chi connectivity index (χ1) is 5.93. The molecule has 67 valence electrons. The van der Waals surface area contributed by atoms with Gasteiger partial charge < -0.3 is 4.74 Å². The van der Waals surface area contributed by atoms with Crippen LogP contribution in [0.25, 0.3) is 0 Å². The molecule has 0 N–H and O–H groups in total. The number of ether oxygens (including phenoxy) is 1. The molecule has 1 aliphatic rings. The maximum atomic E-state index is 4.92. The third kappa shape index (κ3) is 3.78. The van der Waals surface area contributed by atoms with E-state index in [4.69, 9.17) is 4.74 Å². The Hall–Kier alpha value is -0.480. The Morgan fingerprint density at radius 2 is 2.17 bits per heavy atom. The summed E-state index contributed by atoms with van der Waals surface area (Å²) in [6, 6.07) is 0. The van der Waals surface area contributed by atoms with Crippen molar-refractivity contribution in [1.29, 1.82) is 0 Å². The highest BCUT2D eigenvalue weighted by molar-refractivity contribution is 5.05. The molecule has 0 aliphatic heterocycles. The first kappa shape index (κ1) is 9.61. The summed E-state index contributed by atoms with van der Waals surface area (Å²) in [5.74, 6) is 7.13. The smallest absolute Gasteiger partial charge is 0.0571 e. The number of hydrogen-bond acceptors (Lipinski definition) is 1. The molecule has 0 aromatic heterocycles. The van der Waals surface area contributed by atoms with E-state index in [9.17, 15) is 0 Å². The lowest BCUT2D eigenvalue weighted by Crippen LogP contribution is -2.03. The molecule has 0 atom stereocenters. The van der Waals surface area contributed by atoms with E-state index in [1.54, 1.807) is 7.11 Å². The fraction of sp³-hybridized carbons (Fsp3) is 0.727. The zero-order chi connectivity index (χ0) is 8.65. The molecule has 0 saturated heterocycles. The highest BCUT2D eigenvalue weighted by atomic mass is 16.5. The van der Waals surface area contributed by atoms with E-state index < -0.39 is 0 Å². The van der Waals surface area contributed by atoms with Crippen LogP contribution in [0, 0.1) is 24.2 Å². The van der Waals surface area contributed by atoms with E-state index in [2.05, 4.69) is 18.3 Å². The van der Waals surface area contributed by atoms with Crippen molar-refractivity contribution < 1.29 is 4.74 Å². The van der Waals surface area contributed by atoms with Crippen LogP contribution in [-0.2, 0) is 4.74 Å². The molecule has 0 aromatic rings. The molecule has 0 spiro atoms. The summed E-state index contributed by atoms with van der Waals surface area (Å²) < 4.78 is 4.92. The van der Waals surface area contributed by atoms with Crippen molar-refractivity contribution in [3.8, 4) is 11.8 Å². The van der Waals surface area contributed by atoms with Crippen LogP contribution in [0.4, 0.5) is 0 Å². The van der Waals surface area contributed by atoms with Crippen LogP contribution in [0.15, 0.2) is 0 Å². The van der Waals surface area contributed by atoms with Gasteiger partial charge in [0.1, 0.15) is 0 Å². The first-order valence-corrected chi connectivity index (χ1v) is 4.72. The quantitative estimate of drug-likeness (QED) is 0.451. The molecule has 12 heavy (non-hydrogen) atoms. The zero-order valence-corrected chi connectivity index (χ0v) is 7.81. The van der Waals surface area contributed by atoms with Gasteiger partial charge in [0.2, 0.25) is 0 Å². The van der Waals surface area contributed by atoms with Gasteiger partial charge in [0, 0.05) is 19.4 Å². The molecule has 0 unspecified atom stereocenters. The van der Waals surface area contributed by atoms with Crippen LogP contribution in [-0.4, -0.2) is 13.7 Å². The second kappa shape index (κ2) is 6.08. The number of rotatable bonds is 2. The molecule has 1 heteroatoms. The fourth-order valence-corrected chi connectivity index (χ4v) is 1.44. The SMILES string of the molecule is COCCC#CC1CC[CH]CC1. The predicted molar refractivity (Wildman–Crippen MR) is 50.5 cm³/mol. The Morgan fingerprint density at radius 1 is 1.42 bits per heavy atom. The van der Waals surface area contributed by atoms with E-state index in [0.29, 0.717) is 5.92 Å². The van der Waals surface area contributed by atoms with Gasteiger partial charge in [0.05, 0.1) is 6.61 Å². The number of methoxy groups -OCH3 is 1. The Bertz CT molecular complexity index is 158. The molecule has 1 radical (unpaired) electrons. The van der Waals surface area contributed by atoms with E-state index in [1.165, 1.54) is 25.7 Å². The molecular weight excluding hydrogens is 148 g/mol. The van der Waals surface area contributed by atoms with Crippen molar-refractivity contribution in [2.45, 2.75) is 32.1 Å². The Labute approximate surface area is 75.5 Å². The summed E-state index contributed by atoms with van der Waals surface area (Å²) >= 11 is 0. The highest BCUT2D eigenvalue weighted by Gasteiger charge is 2.09. The predicted octanol–water partition coefficient (Wildman–Crippen LogP) is 2.42. The minimum absolute atomic E-state index is 0.659. The molecule has 0 amide bonds. The van der Waals surface area contributed by atoms with Crippen LogP contribution >= 0.6 is 0 Å². The van der Waals surface area contributed by atoms with Gasteiger partial charge in [-0.15, -0.1) is 5.92 Å². The number of hydrogen-bond donors (Lipinski definition) is 0. The Morgan fingerprint density at radius 3 is 2.83 bits per heavy atom. The second-order valence-corrected chi connectivity index (χ2v) is 3.20. The molecule has 1 rings (SSSR count). The third-order valence-electron chi connectivity index (χ3n) is 2.18. The van der Waals surface area contributed by atoms with Crippen LogP contribution in [0.2, 0.25) is 0 Å². The lowest BCUT2D eigenvalue weighted by Gasteiger charge is -2.15. The van der Waals surface area contributed by atoms with Gasteiger partial charge in [-0.1, -0.05) is 5.92 Å². The summed E-state index contributed by atoms with van der Waals surface area (Å²) in [4.78, 5) is 0. The van der Waals surface area contributed by atoms with Crippen LogP contribution in [0.1, 0.15) is 32.1 Å². The lowest BCUT2D eigenvalue weighted by molar-refractivity contribution is 0.206. The maximum Gasteiger partial charge on any atom is 0.0571 e. The summed E-state index contributed by atoms with van der Waals surface area (Å²) in [7, 11) is 1.72. The van der Waals surface area contributed by atoms with Gasteiger partial charge in [0.15, 0.2) is 0 Å². The monoisotopic (exact) mass is 165 g/mol. The van der Waals surface area contributed by atoms with Gasteiger partial charge >= 0.3 is 0 Å². The molecule has 0 bridgehead atoms. The van der Waals surface area contributed by atoms with Gasteiger partial charge in [-0.05, 0) is 32.1 Å². The molecule has 1 fully saturated rings. The average Bonchev–Trinajstić information content (AvgIpc) is 2.14. The first-order valence-electron chi connectivity index (χ1n) is 4.72. The average molecular weight is 165 g/mol. The van der Waals surface area contributed by atoms with Crippen molar-refractivity contribution in [1.82, 2.24) is 0 Å². The summed E-state index contributed by atoms with van der Waals surface area (Å²) in [5, 5.41) is 0. The molecule has 1 aliphatic carbocycles. The minimum atomic E-state index is 0.659. The summed E-state index contributed by atoms with van der Waals surface area (Å²) in [6.07, 6.45) is 8.29. The molecule has 0 aromatic carbocycles. The normalized spacial score (nSPS) is 18.4. The van der Waals surface area contributed by atoms with E-state index in [1.807, 2.05) is 0 Å². The van der Waals surface area contributed by atoms with Crippen molar-refractivity contribution in [3.63, 3.8) is 0 Å². The summed E-state index contributed by atoms with van der Waals surface area (Å²) in [6.45, 7) is 0.770. The second-order valence-electron chi connectivity index (χ2n) is 3.20. The van der Waals surface area contributed by atoms with Crippen molar-refractivity contribution in [3.05, 3.63) is 6.42 Å². The highest BCUT2D eigenvalue weighted by Crippen LogP contribution is 2.21. The molecule has 1 nitrogen and oxygen atoms in total. The summed E-state index contributed by atoms with van der Waals surface area (Å²) in [5.41, 5.74) is 0. The van der Waals surface area contributed by atoms with E-state index in [-0.39, 0.29) is 0 Å². The topological polar surface area (TPSA) is 9.23 Å². The molecule has 0 heterocycles. The van der Waals surface area contributed by atoms with E-state index >= 15 is 0 Å². The zero-order valence-electron chi connectivity index (χ0n) is 7.81. The lowest BCUT2D eigenvalue weighted by atomic mass is 9.90. The van der Waals surface area contributed by atoms with Crippen LogP contribution in [0.3, 0.4) is 0 Å². The van der Waals surface area contributed by atoms with Gasteiger partial charge in [-0.2, -0.15) is 0 Å². The largest absolute Gasteiger partial charge is 0.384 e. The maximum absolute atomic E-state index is 4.92. The minimum Gasteiger partial charge on any atom is -0.384 e. The Kier molecular flexibility index (Phi) is 4.87. The third-order valence-corrected chi connectivity index (χ3v) is 2.18. The molecule has 1 saturated carbocycles. The fourth-order valence-electron chi connectivity index (χ4n) is 1.44. The van der Waals surface area contributed by atoms with Crippen LogP contribution in [0.5, 0.6) is 0 Å². The standard InChI is InChI=1S/C11H17O/c1-12-10-6-5-9-11-7-3-2-4-8-11/h2,11H,3-4,6-8,10H2,1H3. The van der Waals surface area contributed by atoms with Crippen molar-refractivity contribution in [2.24, 2.45) is 5.92 Å². The van der Waals surface area contributed by atoms with Crippen molar-refractivity contribution >= 4 is 0 Å². The van der Waals surface area contributed by atoms with Gasteiger partial charge in [0.25, 0.3) is 0 Å².